The lowest BCUT2D eigenvalue weighted by atomic mass is 10.0. The summed E-state index contributed by atoms with van der Waals surface area (Å²) in [7, 11) is 0. The lowest BCUT2D eigenvalue weighted by Crippen LogP contribution is -2.58. The van der Waals surface area contributed by atoms with Crippen LogP contribution in [0, 0.1) is 5.92 Å². The number of guanidine groups is 1. The van der Waals surface area contributed by atoms with Crippen LogP contribution in [-0.2, 0) is 24.0 Å². The van der Waals surface area contributed by atoms with E-state index in [1.54, 1.807) is 13.8 Å². The molecule has 0 radical (unpaired) electrons. The van der Waals surface area contributed by atoms with Crippen LogP contribution in [0.15, 0.2) is 4.99 Å². The zero-order chi connectivity index (χ0) is 30.4. The van der Waals surface area contributed by atoms with Crippen molar-refractivity contribution in [3.05, 3.63) is 0 Å². The van der Waals surface area contributed by atoms with E-state index in [0.717, 1.165) is 0 Å². The Hall–Kier alpha value is -3.46. The number of carboxylic acid groups (broad SMARTS) is 1. The van der Waals surface area contributed by atoms with Gasteiger partial charge in [0.2, 0.25) is 23.6 Å². The summed E-state index contributed by atoms with van der Waals surface area (Å²) < 4.78 is 0. The lowest BCUT2D eigenvalue weighted by molar-refractivity contribution is -0.144. The van der Waals surface area contributed by atoms with Gasteiger partial charge in [-0.1, -0.05) is 13.8 Å². The number of amides is 4. The first-order valence-electron chi connectivity index (χ1n) is 13.8. The van der Waals surface area contributed by atoms with Gasteiger partial charge >= 0.3 is 5.97 Å². The van der Waals surface area contributed by atoms with E-state index in [-0.39, 0.29) is 18.3 Å². The number of nitrogens with zero attached hydrogens (tertiary/aromatic N) is 2. The Bertz CT molecular complexity index is 909. The number of rotatable bonds is 17. The van der Waals surface area contributed by atoms with Gasteiger partial charge in [0.15, 0.2) is 5.96 Å². The summed E-state index contributed by atoms with van der Waals surface area (Å²) in [6.07, 6.45) is 3.15. The molecule has 5 atom stereocenters. The largest absolute Gasteiger partial charge is 0.480 e. The number of carbonyl (C=O) groups excluding carboxylic acids is 4. The van der Waals surface area contributed by atoms with E-state index in [9.17, 15) is 29.1 Å². The average Bonchev–Trinajstić information content (AvgIpc) is 3.38. The minimum atomic E-state index is -1.17. The average molecular weight is 570 g/mol. The second-order valence-corrected chi connectivity index (χ2v) is 10.4. The number of hydrogen-bond acceptors (Lipinski definition) is 8. The molecular weight excluding hydrogens is 522 g/mol. The number of carbonyl (C=O) groups is 5. The van der Waals surface area contributed by atoms with Crippen molar-refractivity contribution >= 4 is 35.6 Å². The number of aliphatic carboxylic acids is 1. The predicted molar refractivity (Wildman–Crippen MR) is 149 cm³/mol. The summed E-state index contributed by atoms with van der Waals surface area (Å²) >= 11 is 0. The molecule has 0 aromatic carbocycles. The first-order valence-corrected chi connectivity index (χ1v) is 13.8. The molecule has 0 spiro atoms. The fraction of sp³-hybridized carbons (Fsp3) is 0.760. The smallest absolute Gasteiger partial charge is 0.326 e. The molecule has 12 N–H and O–H groups in total. The number of unbranched alkanes of at least 4 members (excludes halogenated alkanes) is 1. The number of nitrogens with one attached hydrogen (secondary N) is 3. The van der Waals surface area contributed by atoms with Gasteiger partial charge in [-0.25, -0.2) is 4.79 Å². The maximum absolute atomic E-state index is 13.2. The Morgan fingerprint density at radius 3 is 2.23 bits per heavy atom. The molecule has 1 rings (SSSR count). The van der Waals surface area contributed by atoms with E-state index in [4.69, 9.17) is 22.9 Å². The van der Waals surface area contributed by atoms with Gasteiger partial charge in [-0.15, -0.1) is 0 Å². The Labute approximate surface area is 235 Å². The molecule has 0 unspecified atom stereocenters. The number of hydrogen-bond donors (Lipinski definition) is 8. The monoisotopic (exact) mass is 569 g/mol. The summed E-state index contributed by atoms with van der Waals surface area (Å²) in [4.78, 5) is 68.6. The first-order chi connectivity index (χ1) is 18.8. The Balaban J connectivity index is 2.84. The molecule has 0 bridgehead atoms. The van der Waals surface area contributed by atoms with Crippen LogP contribution in [0.4, 0.5) is 0 Å². The lowest BCUT2D eigenvalue weighted by Gasteiger charge is -2.29. The van der Waals surface area contributed by atoms with Crippen LogP contribution >= 0.6 is 0 Å². The van der Waals surface area contributed by atoms with Crippen LogP contribution in [0.5, 0.6) is 0 Å². The van der Waals surface area contributed by atoms with Crippen LogP contribution in [0.1, 0.15) is 65.7 Å². The minimum absolute atomic E-state index is 0.0519. The van der Waals surface area contributed by atoms with Gasteiger partial charge in [0.1, 0.15) is 24.2 Å². The molecule has 1 heterocycles. The van der Waals surface area contributed by atoms with Gasteiger partial charge in [-0.3, -0.25) is 24.2 Å². The van der Waals surface area contributed by atoms with Crippen molar-refractivity contribution in [2.75, 3.05) is 19.6 Å². The van der Waals surface area contributed by atoms with E-state index in [1.807, 2.05) is 0 Å². The van der Waals surface area contributed by atoms with Gasteiger partial charge in [0.25, 0.3) is 0 Å². The Morgan fingerprint density at radius 2 is 1.65 bits per heavy atom. The maximum atomic E-state index is 13.2. The topological polar surface area (TPSA) is 261 Å². The predicted octanol–water partition coefficient (Wildman–Crippen LogP) is -2.30. The normalized spacial score (nSPS) is 17.9. The van der Waals surface area contributed by atoms with Gasteiger partial charge < -0.3 is 48.9 Å². The van der Waals surface area contributed by atoms with Gasteiger partial charge in [-0.05, 0) is 64.3 Å². The number of likely N-dealkylation sites (tertiary alicyclic amines) is 1. The first kappa shape index (κ1) is 34.6. The quantitative estimate of drug-likeness (QED) is 0.0527. The summed E-state index contributed by atoms with van der Waals surface area (Å²) in [6.45, 7) is 5.88. The highest BCUT2D eigenvalue weighted by Gasteiger charge is 2.38. The molecule has 15 nitrogen and oxygen atoms in total. The highest BCUT2D eigenvalue weighted by molar-refractivity contribution is 5.95. The van der Waals surface area contributed by atoms with Gasteiger partial charge in [0, 0.05) is 13.1 Å². The fourth-order valence-electron chi connectivity index (χ4n) is 4.38. The number of nitrogens with two attached hydrogens (primary N) is 4. The molecule has 0 aliphatic carbocycles. The van der Waals surface area contributed by atoms with E-state index >= 15 is 0 Å². The van der Waals surface area contributed by atoms with Crippen LogP contribution in [0.25, 0.3) is 0 Å². The van der Waals surface area contributed by atoms with E-state index in [0.29, 0.717) is 58.2 Å². The second kappa shape index (κ2) is 17.3. The highest BCUT2D eigenvalue weighted by atomic mass is 16.4. The van der Waals surface area contributed by atoms with E-state index in [1.165, 1.54) is 11.8 Å². The van der Waals surface area contributed by atoms with Crippen molar-refractivity contribution in [2.45, 2.75) is 95.9 Å². The number of carboxylic acids is 1. The summed E-state index contributed by atoms with van der Waals surface area (Å²) in [5.41, 5.74) is 22.0. The summed E-state index contributed by atoms with van der Waals surface area (Å²) in [6, 6.07) is -4.75. The van der Waals surface area contributed by atoms with Crippen molar-refractivity contribution < 1.29 is 29.1 Å². The van der Waals surface area contributed by atoms with Crippen molar-refractivity contribution in [1.29, 1.82) is 0 Å². The van der Waals surface area contributed by atoms with Crippen molar-refractivity contribution in [3.8, 4) is 0 Å². The maximum Gasteiger partial charge on any atom is 0.326 e. The molecule has 40 heavy (non-hydrogen) atoms. The second-order valence-electron chi connectivity index (χ2n) is 10.4. The molecule has 1 fully saturated rings. The van der Waals surface area contributed by atoms with Crippen LogP contribution in [-0.4, -0.2) is 95.4 Å². The zero-order valence-electron chi connectivity index (χ0n) is 23.7. The van der Waals surface area contributed by atoms with Crippen LogP contribution in [0.3, 0.4) is 0 Å². The van der Waals surface area contributed by atoms with Gasteiger partial charge in [0.05, 0.1) is 6.04 Å². The molecular formula is C25H47N9O6. The van der Waals surface area contributed by atoms with Crippen molar-refractivity contribution in [3.63, 3.8) is 0 Å². The molecule has 0 aromatic rings. The zero-order valence-corrected chi connectivity index (χ0v) is 23.7. The van der Waals surface area contributed by atoms with Crippen LogP contribution in [0.2, 0.25) is 0 Å². The molecule has 1 saturated heterocycles. The molecule has 228 valence electrons. The molecule has 1 aliphatic rings. The Morgan fingerprint density at radius 1 is 0.975 bits per heavy atom. The standard InChI is InChI=1S/C25H47N9O6/c1-14(2)19(24(39)40)33-21(36)17(9-4-5-11-26)32-22(37)18-10-7-13-34(18)23(38)15(3)31-20(35)16(27)8-6-12-30-25(28)29/h14-19H,4-13,26-27H2,1-3H3,(H,31,35)(H,32,37)(H,33,36)(H,39,40)(H4,28,29,30)/t15-,16-,17-,18-,19-/m0/s1. The van der Waals surface area contributed by atoms with Crippen molar-refractivity contribution in [2.24, 2.45) is 33.8 Å². The summed E-state index contributed by atoms with van der Waals surface area (Å²) in [5.74, 6) is -3.69. The SMILES string of the molecule is CC(C)[C@H](NC(=O)[C@H](CCCCN)NC(=O)[C@@H]1CCCN1C(=O)[C@H](C)NC(=O)[C@@H](N)CCCN=C(N)N)C(=O)O. The third-order valence-electron chi connectivity index (χ3n) is 6.68. The third kappa shape index (κ3) is 11.3. The number of aliphatic imine (C=N–C) groups is 1. The molecule has 0 saturated carbocycles. The molecule has 15 heteroatoms. The fourth-order valence-corrected chi connectivity index (χ4v) is 4.38. The Kier molecular flexibility index (Phi) is 14.9. The molecule has 0 aromatic heterocycles. The third-order valence-corrected chi connectivity index (χ3v) is 6.68. The molecule has 4 amide bonds. The van der Waals surface area contributed by atoms with Gasteiger partial charge in [-0.2, -0.15) is 0 Å². The van der Waals surface area contributed by atoms with Crippen LogP contribution < -0.4 is 38.9 Å². The minimum Gasteiger partial charge on any atom is -0.480 e. The van der Waals surface area contributed by atoms with E-state index < -0.39 is 59.8 Å². The molecule has 1 aliphatic heterocycles. The van der Waals surface area contributed by atoms with Crippen molar-refractivity contribution in [1.82, 2.24) is 20.9 Å². The summed E-state index contributed by atoms with van der Waals surface area (Å²) in [5, 5.41) is 17.3. The van der Waals surface area contributed by atoms with E-state index in [2.05, 4.69) is 20.9 Å². The highest BCUT2D eigenvalue weighted by Crippen LogP contribution is 2.19.